The minimum atomic E-state index is -0.994. The first-order valence-corrected chi connectivity index (χ1v) is 10.8. The molecule has 0 aliphatic heterocycles. The topological polar surface area (TPSA) is 105 Å². The normalized spacial score (nSPS) is 11.8. The summed E-state index contributed by atoms with van der Waals surface area (Å²) in [7, 11) is 0. The zero-order chi connectivity index (χ0) is 22.9. The summed E-state index contributed by atoms with van der Waals surface area (Å²) >= 11 is 0. The average Bonchev–Trinajstić information content (AvgIpc) is 2.81. The van der Waals surface area contributed by atoms with Crippen LogP contribution in [0.3, 0.4) is 0 Å². The minimum absolute atomic E-state index is 0.172. The Labute approximate surface area is 188 Å². The van der Waals surface area contributed by atoms with Crippen molar-refractivity contribution in [2.75, 3.05) is 25.4 Å². The summed E-state index contributed by atoms with van der Waals surface area (Å²) in [6.07, 6.45) is 1.07. The molecule has 0 heterocycles. The number of aliphatic hydroxyl groups excluding tert-OH is 1. The van der Waals surface area contributed by atoms with E-state index in [1.54, 1.807) is 30.3 Å². The molecule has 0 aliphatic rings. The summed E-state index contributed by atoms with van der Waals surface area (Å²) in [5.74, 6) is -0.600. The summed E-state index contributed by atoms with van der Waals surface area (Å²) < 4.78 is 5.64. The number of ether oxygens (including phenoxy) is 1. The average molecular weight is 435 g/mol. The maximum Gasteiger partial charge on any atom is 0.339 e. The van der Waals surface area contributed by atoms with E-state index in [9.17, 15) is 15.0 Å². The Morgan fingerprint density at radius 2 is 1.72 bits per heavy atom. The lowest BCUT2D eigenvalue weighted by atomic mass is 10.0. The third kappa shape index (κ3) is 6.33. The predicted molar refractivity (Wildman–Crippen MR) is 127 cm³/mol. The van der Waals surface area contributed by atoms with Gasteiger partial charge in [0.05, 0.1) is 12.7 Å². The lowest BCUT2D eigenvalue weighted by Gasteiger charge is -2.13. The van der Waals surface area contributed by atoms with Crippen LogP contribution in [0, 0.1) is 0 Å². The molecule has 168 valence electrons. The molecule has 0 radical (unpaired) electrons. The monoisotopic (exact) mass is 434 g/mol. The summed E-state index contributed by atoms with van der Waals surface area (Å²) in [6, 6.07) is 20.6. The van der Waals surface area contributed by atoms with Crippen molar-refractivity contribution in [1.29, 1.82) is 0 Å². The van der Waals surface area contributed by atoms with Gasteiger partial charge in [-0.1, -0.05) is 49.4 Å². The number of anilines is 1. The fourth-order valence-corrected chi connectivity index (χ4v) is 3.38. The van der Waals surface area contributed by atoms with Crippen molar-refractivity contribution >= 4 is 11.7 Å². The molecule has 0 aliphatic carbocycles. The van der Waals surface area contributed by atoms with E-state index in [0.717, 1.165) is 36.1 Å². The number of hydrogen-bond acceptors (Lipinski definition) is 5. The molecule has 0 amide bonds. The molecule has 3 aromatic carbocycles. The number of nitrogens with one attached hydrogen (secondary N) is 1. The molecule has 6 nitrogen and oxygen atoms in total. The summed E-state index contributed by atoms with van der Waals surface area (Å²) in [5, 5.41) is 22.9. The number of hydrogen-bond donors (Lipinski definition) is 4. The van der Waals surface area contributed by atoms with Gasteiger partial charge in [0.25, 0.3) is 0 Å². The van der Waals surface area contributed by atoms with Crippen LogP contribution < -0.4 is 15.8 Å². The number of carbonyl (C=O) groups is 1. The number of aromatic carboxylic acids is 1. The third-order valence-corrected chi connectivity index (χ3v) is 5.21. The highest BCUT2D eigenvalue weighted by Gasteiger charge is 2.13. The molecular formula is C26H30N2O4. The van der Waals surface area contributed by atoms with Crippen molar-refractivity contribution in [1.82, 2.24) is 5.32 Å². The fourth-order valence-electron chi connectivity index (χ4n) is 3.38. The maximum absolute atomic E-state index is 11.4. The van der Waals surface area contributed by atoms with Crippen molar-refractivity contribution in [2.45, 2.75) is 25.9 Å². The van der Waals surface area contributed by atoms with E-state index >= 15 is 0 Å². The lowest BCUT2D eigenvalue weighted by molar-refractivity contribution is 0.0692. The van der Waals surface area contributed by atoms with Crippen molar-refractivity contribution < 1.29 is 19.7 Å². The largest absolute Gasteiger partial charge is 0.493 e. The summed E-state index contributed by atoms with van der Waals surface area (Å²) in [6.45, 7) is 3.67. The third-order valence-electron chi connectivity index (χ3n) is 5.21. The van der Waals surface area contributed by atoms with Crippen LogP contribution in [0.2, 0.25) is 0 Å². The van der Waals surface area contributed by atoms with Gasteiger partial charge < -0.3 is 26.0 Å². The van der Waals surface area contributed by atoms with Gasteiger partial charge >= 0.3 is 5.97 Å². The highest BCUT2D eigenvalue weighted by atomic mass is 16.5. The molecule has 5 N–H and O–H groups in total. The Morgan fingerprint density at radius 3 is 2.38 bits per heavy atom. The molecule has 0 unspecified atom stereocenters. The van der Waals surface area contributed by atoms with E-state index < -0.39 is 12.1 Å². The van der Waals surface area contributed by atoms with Gasteiger partial charge in [0.1, 0.15) is 11.3 Å². The molecule has 1 atom stereocenters. The van der Waals surface area contributed by atoms with Gasteiger partial charge in [0.2, 0.25) is 0 Å². The van der Waals surface area contributed by atoms with Gasteiger partial charge in [0.15, 0.2) is 0 Å². The van der Waals surface area contributed by atoms with E-state index in [0.29, 0.717) is 24.6 Å². The maximum atomic E-state index is 11.4. The molecule has 3 aromatic rings. The van der Waals surface area contributed by atoms with Gasteiger partial charge in [-0.3, -0.25) is 0 Å². The van der Waals surface area contributed by atoms with Crippen LogP contribution in [0.4, 0.5) is 5.69 Å². The smallest absolute Gasteiger partial charge is 0.339 e. The SMILES string of the molecule is CCCOc1cc(-c2ccc(CCNC[C@H](O)c3ccc(N)cc3)cc2)ccc1C(=O)O. The number of benzene rings is 3. The van der Waals surface area contributed by atoms with Crippen LogP contribution >= 0.6 is 0 Å². The molecule has 0 saturated heterocycles. The Balaban J connectivity index is 1.55. The first-order chi connectivity index (χ1) is 15.5. The fraction of sp³-hybridized carbons (Fsp3) is 0.269. The highest BCUT2D eigenvalue weighted by Crippen LogP contribution is 2.28. The standard InChI is InChI=1S/C26H30N2O4/c1-2-15-32-25-16-21(9-12-23(25)26(30)31)19-5-3-18(4-6-19)13-14-28-17-24(29)20-7-10-22(27)11-8-20/h3-12,16,24,28-29H,2,13-15,17,27H2,1H3,(H,30,31)/t24-/m0/s1. The van der Waals surface area contributed by atoms with Crippen LogP contribution in [0.5, 0.6) is 5.75 Å². The molecule has 32 heavy (non-hydrogen) atoms. The minimum Gasteiger partial charge on any atom is -0.493 e. The Hall–Kier alpha value is -3.35. The first kappa shape index (κ1) is 23.3. The van der Waals surface area contributed by atoms with E-state index in [-0.39, 0.29) is 5.56 Å². The van der Waals surface area contributed by atoms with Crippen molar-refractivity contribution in [3.63, 3.8) is 0 Å². The molecule has 0 spiro atoms. The Kier molecular flexibility index (Phi) is 8.25. The van der Waals surface area contributed by atoms with Crippen molar-refractivity contribution in [3.8, 4) is 16.9 Å². The van der Waals surface area contributed by atoms with Gasteiger partial charge in [0, 0.05) is 12.2 Å². The van der Waals surface area contributed by atoms with Crippen LogP contribution in [-0.2, 0) is 6.42 Å². The second-order valence-electron chi connectivity index (χ2n) is 7.70. The summed E-state index contributed by atoms with van der Waals surface area (Å²) in [5.41, 5.74) is 10.5. The van der Waals surface area contributed by atoms with Crippen molar-refractivity contribution in [3.05, 3.63) is 83.4 Å². The second kappa shape index (κ2) is 11.3. The molecular weight excluding hydrogens is 404 g/mol. The van der Waals surface area contributed by atoms with E-state index in [1.807, 2.05) is 31.2 Å². The Bertz CT molecular complexity index is 1020. The number of nitrogens with two attached hydrogens (primary N) is 1. The lowest BCUT2D eigenvalue weighted by Crippen LogP contribution is -2.23. The van der Waals surface area contributed by atoms with Gasteiger partial charge in [-0.15, -0.1) is 0 Å². The van der Waals surface area contributed by atoms with Crippen LogP contribution in [0.25, 0.3) is 11.1 Å². The van der Waals surface area contributed by atoms with E-state index in [2.05, 4.69) is 17.4 Å². The number of carboxylic acid groups (broad SMARTS) is 1. The van der Waals surface area contributed by atoms with Gasteiger partial charge in [-0.05, 0) is 65.9 Å². The van der Waals surface area contributed by atoms with E-state index in [4.69, 9.17) is 10.5 Å². The van der Waals surface area contributed by atoms with Gasteiger partial charge in [-0.2, -0.15) is 0 Å². The predicted octanol–water partition coefficient (Wildman–Crippen LogP) is 4.29. The zero-order valence-electron chi connectivity index (χ0n) is 18.3. The molecule has 0 aromatic heterocycles. The second-order valence-corrected chi connectivity index (χ2v) is 7.70. The first-order valence-electron chi connectivity index (χ1n) is 10.8. The quantitative estimate of drug-likeness (QED) is 0.265. The molecule has 0 bridgehead atoms. The number of rotatable bonds is 11. The van der Waals surface area contributed by atoms with Crippen LogP contribution in [0.15, 0.2) is 66.7 Å². The number of aliphatic hydroxyl groups is 1. The highest BCUT2D eigenvalue weighted by molar-refractivity contribution is 5.92. The zero-order valence-corrected chi connectivity index (χ0v) is 18.3. The van der Waals surface area contributed by atoms with Gasteiger partial charge in [-0.25, -0.2) is 4.79 Å². The molecule has 0 fully saturated rings. The number of nitrogen functional groups attached to an aromatic ring is 1. The molecule has 0 saturated carbocycles. The van der Waals surface area contributed by atoms with E-state index in [1.165, 1.54) is 5.56 Å². The van der Waals surface area contributed by atoms with Crippen LogP contribution in [0.1, 0.15) is 40.9 Å². The Morgan fingerprint density at radius 1 is 1.03 bits per heavy atom. The summed E-state index contributed by atoms with van der Waals surface area (Å²) in [4.78, 5) is 11.4. The molecule has 6 heteroatoms. The van der Waals surface area contributed by atoms with Crippen molar-refractivity contribution in [2.24, 2.45) is 0 Å². The number of carboxylic acids is 1. The van der Waals surface area contributed by atoms with Crippen LogP contribution in [-0.4, -0.2) is 35.9 Å². The molecule has 3 rings (SSSR count).